The molecule has 0 saturated carbocycles. The van der Waals surface area contributed by atoms with Gasteiger partial charge in [0.15, 0.2) is 0 Å². The number of hydrogen-bond donors (Lipinski definition) is 1. The molecule has 0 aliphatic carbocycles. The smallest absolute Gasteiger partial charge is 0.0946 e. The Morgan fingerprint density at radius 1 is 1.43 bits per heavy atom. The topological polar surface area (TPSA) is 50.7 Å². The number of anilines is 1. The lowest BCUT2D eigenvalue weighted by molar-refractivity contribution is 0.996. The van der Waals surface area contributed by atoms with Crippen LogP contribution in [0, 0.1) is 0 Å². The molecular formula is C8H7BrN4S. The highest BCUT2D eigenvalue weighted by atomic mass is 79.9. The maximum absolute atomic E-state index is 4.04. The normalized spacial score (nSPS) is 10.1. The lowest BCUT2D eigenvalue weighted by Crippen LogP contribution is -1.99. The van der Waals surface area contributed by atoms with Gasteiger partial charge in [0.25, 0.3) is 0 Å². The van der Waals surface area contributed by atoms with Gasteiger partial charge in [0.05, 0.1) is 24.1 Å². The minimum atomic E-state index is 0.675. The van der Waals surface area contributed by atoms with E-state index in [2.05, 4.69) is 35.8 Å². The monoisotopic (exact) mass is 270 g/mol. The van der Waals surface area contributed by atoms with Crippen LogP contribution in [0.15, 0.2) is 28.3 Å². The number of hydrogen-bond acceptors (Lipinski definition) is 5. The van der Waals surface area contributed by atoms with E-state index in [-0.39, 0.29) is 0 Å². The Hall–Kier alpha value is -1.01. The second-order valence-corrected chi connectivity index (χ2v) is 4.17. The third-order valence-corrected chi connectivity index (χ3v) is 2.57. The van der Waals surface area contributed by atoms with Gasteiger partial charge >= 0.3 is 0 Å². The first-order valence-electron chi connectivity index (χ1n) is 3.95. The molecule has 2 aromatic rings. The first-order chi connectivity index (χ1) is 6.84. The third kappa shape index (κ3) is 2.49. The average Bonchev–Trinajstić information content (AvgIpc) is 2.67. The van der Waals surface area contributed by atoms with Gasteiger partial charge in [0.1, 0.15) is 0 Å². The zero-order chi connectivity index (χ0) is 9.80. The Kier molecular flexibility index (Phi) is 3.05. The molecule has 0 aliphatic heterocycles. The molecule has 0 unspecified atom stereocenters. The summed E-state index contributed by atoms with van der Waals surface area (Å²) in [6.45, 7) is 0.675. The van der Waals surface area contributed by atoms with Crippen LogP contribution >= 0.6 is 27.5 Å². The summed E-state index contributed by atoms with van der Waals surface area (Å²) in [4.78, 5) is 4.04. The molecule has 1 N–H and O–H groups in total. The van der Waals surface area contributed by atoms with E-state index in [1.54, 1.807) is 12.4 Å². The van der Waals surface area contributed by atoms with E-state index in [1.807, 2.05) is 11.4 Å². The summed E-state index contributed by atoms with van der Waals surface area (Å²) in [6.07, 6.45) is 3.51. The van der Waals surface area contributed by atoms with Crippen molar-refractivity contribution < 1.29 is 0 Å². The van der Waals surface area contributed by atoms with Crippen LogP contribution < -0.4 is 5.32 Å². The van der Waals surface area contributed by atoms with Crippen molar-refractivity contribution in [2.24, 2.45) is 0 Å². The number of nitrogens with zero attached hydrogens (tertiary/aromatic N) is 3. The van der Waals surface area contributed by atoms with E-state index in [9.17, 15) is 0 Å². The van der Waals surface area contributed by atoms with Crippen molar-refractivity contribution in [1.29, 1.82) is 0 Å². The molecule has 0 aromatic carbocycles. The Balaban J connectivity index is 1.98. The van der Waals surface area contributed by atoms with Crippen LogP contribution in [0.25, 0.3) is 0 Å². The van der Waals surface area contributed by atoms with Crippen molar-refractivity contribution in [2.75, 3.05) is 5.32 Å². The fourth-order valence-electron chi connectivity index (χ4n) is 0.962. The number of halogens is 1. The quantitative estimate of drug-likeness (QED) is 0.930. The first kappa shape index (κ1) is 9.54. The second kappa shape index (κ2) is 4.47. The Morgan fingerprint density at radius 2 is 2.36 bits per heavy atom. The van der Waals surface area contributed by atoms with Crippen LogP contribution in [0.1, 0.15) is 5.69 Å². The summed E-state index contributed by atoms with van der Waals surface area (Å²) >= 11 is 4.70. The van der Waals surface area contributed by atoms with Gasteiger partial charge < -0.3 is 5.32 Å². The average molecular weight is 271 g/mol. The zero-order valence-electron chi connectivity index (χ0n) is 7.14. The molecule has 14 heavy (non-hydrogen) atoms. The van der Waals surface area contributed by atoms with Gasteiger partial charge in [-0.2, -0.15) is 0 Å². The molecule has 0 saturated heterocycles. The van der Waals surface area contributed by atoms with Crippen molar-refractivity contribution >= 4 is 33.1 Å². The van der Waals surface area contributed by atoms with Crippen LogP contribution in [0.5, 0.6) is 0 Å². The summed E-state index contributed by atoms with van der Waals surface area (Å²) < 4.78 is 4.74. The predicted octanol–water partition coefficient (Wildman–Crippen LogP) is 2.31. The highest BCUT2D eigenvalue weighted by Crippen LogP contribution is 2.14. The molecule has 0 aliphatic rings. The number of rotatable bonds is 3. The van der Waals surface area contributed by atoms with Gasteiger partial charge in [-0.15, -0.1) is 5.10 Å². The van der Waals surface area contributed by atoms with Crippen molar-refractivity contribution in [3.8, 4) is 0 Å². The Morgan fingerprint density at radius 3 is 3.07 bits per heavy atom. The molecule has 72 valence electrons. The van der Waals surface area contributed by atoms with Gasteiger partial charge in [0, 0.05) is 16.0 Å². The molecule has 4 nitrogen and oxygen atoms in total. The zero-order valence-corrected chi connectivity index (χ0v) is 9.55. The SMILES string of the molecule is Brc1cncc(NCc2csnn2)c1. The standard InChI is InChI=1S/C8H7BrN4S/c9-6-1-7(3-10-2-6)11-4-8-5-14-13-12-8/h1-3,5,11H,4H2. The minimum absolute atomic E-state index is 0.675. The van der Waals surface area contributed by atoms with Crippen molar-refractivity contribution in [3.63, 3.8) is 0 Å². The maximum Gasteiger partial charge on any atom is 0.0946 e. The van der Waals surface area contributed by atoms with Gasteiger partial charge in [-0.25, -0.2) is 0 Å². The van der Waals surface area contributed by atoms with Gasteiger partial charge in [-0.1, -0.05) is 4.49 Å². The number of nitrogens with one attached hydrogen (secondary N) is 1. The molecule has 2 aromatic heterocycles. The summed E-state index contributed by atoms with van der Waals surface area (Å²) in [5.41, 5.74) is 1.90. The molecule has 6 heteroatoms. The van der Waals surface area contributed by atoms with Crippen molar-refractivity contribution in [1.82, 2.24) is 14.6 Å². The van der Waals surface area contributed by atoms with Crippen molar-refractivity contribution in [2.45, 2.75) is 6.54 Å². The largest absolute Gasteiger partial charge is 0.378 e. The van der Waals surface area contributed by atoms with E-state index in [0.717, 1.165) is 15.9 Å². The van der Waals surface area contributed by atoms with Gasteiger partial charge in [-0.05, 0) is 33.5 Å². The summed E-state index contributed by atoms with van der Waals surface area (Å²) in [6, 6.07) is 1.97. The van der Waals surface area contributed by atoms with E-state index in [4.69, 9.17) is 0 Å². The second-order valence-electron chi connectivity index (χ2n) is 2.64. The molecule has 0 spiro atoms. The van der Waals surface area contributed by atoms with E-state index in [0.29, 0.717) is 6.54 Å². The highest BCUT2D eigenvalue weighted by molar-refractivity contribution is 9.10. The van der Waals surface area contributed by atoms with Crippen LogP contribution in [0.4, 0.5) is 5.69 Å². The molecule has 2 heterocycles. The van der Waals surface area contributed by atoms with Gasteiger partial charge in [-0.3, -0.25) is 4.98 Å². The number of pyridine rings is 1. The van der Waals surface area contributed by atoms with Crippen LogP contribution in [-0.2, 0) is 6.54 Å². The molecule has 2 rings (SSSR count). The van der Waals surface area contributed by atoms with Crippen LogP contribution in [0.3, 0.4) is 0 Å². The predicted molar refractivity (Wildman–Crippen MR) is 59.2 cm³/mol. The Labute approximate surface area is 93.7 Å². The molecule has 0 atom stereocenters. The minimum Gasteiger partial charge on any atom is -0.378 e. The van der Waals surface area contributed by atoms with E-state index < -0.39 is 0 Å². The molecule has 0 amide bonds. The summed E-state index contributed by atoms with van der Waals surface area (Å²) in [5, 5.41) is 9.04. The summed E-state index contributed by atoms with van der Waals surface area (Å²) in [5.74, 6) is 0. The fourth-order valence-corrected chi connectivity index (χ4v) is 1.78. The molecule has 0 bridgehead atoms. The first-order valence-corrected chi connectivity index (χ1v) is 5.58. The van der Waals surface area contributed by atoms with E-state index in [1.165, 1.54) is 11.5 Å². The molecule has 0 fully saturated rings. The van der Waals surface area contributed by atoms with Gasteiger partial charge in [0.2, 0.25) is 0 Å². The van der Waals surface area contributed by atoms with Crippen LogP contribution in [0.2, 0.25) is 0 Å². The molecular weight excluding hydrogens is 264 g/mol. The van der Waals surface area contributed by atoms with E-state index >= 15 is 0 Å². The highest BCUT2D eigenvalue weighted by Gasteiger charge is 1.97. The summed E-state index contributed by atoms with van der Waals surface area (Å²) in [7, 11) is 0. The number of aromatic nitrogens is 3. The Bertz CT molecular complexity index is 403. The van der Waals surface area contributed by atoms with Crippen LogP contribution in [-0.4, -0.2) is 14.6 Å². The third-order valence-electron chi connectivity index (χ3n) is 1.58. The maximum atomic E-state index is 4.04. The molecule has 0 radical (unpaired) electrons. The lowest BCUT2D eigenvalue weighted by Gasteiger charge is -2.02. The van der Waals surface area contributed by atoms with Crippen molar-refractivity contribution in [3.05, 3.63) is 34.0 Å². The fraction of sp³-hybridized carbons (Fsp3) is 0.125. The lowest BCUT2D eigenvalue weighted by atomic mass is 10.4.